The molecule has 1 saturated heterocycles. The summed E-state index contributed by atoms with van der Waals surface area (Å²) in [4.78, 5) is 23.5. The molecule has 5 nitrogen and oxygen atoms in total. The second-order valence-electron chi connectivity index (χ2n) is 8.54. The summed E-state index contributed by atoms with van der Waals surface area (Å²) in [5, 5.41) is 9.97. The number of nitrogens with zero attached hydrogens (tertiary/aromatic N) is 4. The van der Waals surface area contributed by atoms with E-state index < -0.39 is 11.3 Å². The third-order valence-electron chi connectivity index (χ3n) is 6.26. The number of benzene rings is 1. The maximum atomic E-state index is 14.1. The maximum Gasteiger partial charge on any atom is 0.270 e. The average molecular weight is 447 g/mol. The first-order chi connectivity index (χ1) is 15.8. The van der Waals surface area contributed by atoms with Crippen LogP contribution in [0, 0.1) is 16.7 Å². The minimum absolute atomic E-state index is 0.0458. The number of pyridine rings is 2. The lowest BCUT2D eigenvalue weighted by Crippen LogP contribution is -2.44. The molecule has 1 aliphatic rings. The zero-order chi connectivity index (χ0) is 23.5. The van der Waals surface area contributed by atoms with E-state index in [1.807, 2.05) is 0 Å². The molecule has 1 aromatic carbocycles. The van der Waals surface area contributed by atoms with Gasteiger partial charge < -0.3 is 4.90 Å². The number of piperidine rings is 1. The number of hydrogen-bond donors (Lipinski definition) is 0. The highest BCUT2D eigenvalue weighted by atomic mass is 19.3. The van der Waals surface area contributed by atoms with Crippen molar-refractivity contribution in [1.29, 1.82) is 5.26 Å². The zero-order valence-electron chi connectivity index (χ0n) is 18.3. The Balaban J connectivity index is 1.53. The number of alkyl halides is 2. The van der Waals surface area contributed by atoms with Crippen molar-refractivity contribution in [3.05, 3.63) is 83.8 Å². The first kappa shape index (κ1) is 22.5. The Hall–Kier alpha value is -3.66. The highest BCUT2D eigenvalue weighted by molar-refractivity contribution is 5.99. The molecule has 0 bridgehead atoms. The minimum atomic E-state index is -2.98. The summed E-state index contributed by atoms with van der Waals surface area (Å²) in [6.45, 7) is 1.63. The average Bonchev–Trinajstić information content (AvgIpc) is 2.84. The van der Waals surface area contributed by atoms with Crippen LogP contribution in [-0.2, 0) is 12.3 Å². The van der Waals surface area contributed by atoms with Crippen LogP contribution in [0.15, 0.2) is 67.1 Å². The maximum absolute atomic E-state index is 14.1. The summed E-state index contributed by atoms with van der Waals surface area (Å²) in [6, 6.07) is 15.8. The molecule has 3 heterocycles. The van der Waals surface area contributed by atoms with E-state index in [9.17, 15) is 18.8 Å². The van der Waals surface area contributed by atoms with Gasteiger partial charge in [0.05, 0.1) is 22.7 Å². The van der Waals surface area contributed by atoms with E-state index in [1.165, 1.54) is 6.07 Å². The lowest BCUT2D eigenvalue weighted by Gasteiger charge is -2.38. The summed E-state index contributed by atoms with van der Waals surface area (Å²) in [6.07, 6.45) is 6.02. The van der Waals surface area contributed by atoms with E-state index in [0.29, 0.717) is 42.8 Å². The van der Waals surface area contributed by atoms with Gasteiger partial charge >= 0.3 is 0 Å². The molecule has 0 radical (unpaired) electrons. The molecule has 0 aliphatic carbocycles. The van der Waals surface area contributed by atoms with Crippen LogP contribution in [0.5, 0.6) is 0 Å². The monoisotopic (exact) mass is 446 g/mol. The first-order valence-corrected chi connectivity index (χ1v) is 10.9. The highest BCUT2D eigenvalue weighted by Gasteiger charge is 2.39. The quantitative estimate of drug-likeness (QED) is 0.537. The summed E-state index contributed by atoms with van der Waals surface area (Å²) in [5.74, 6) is -3.13. The van der Waals surface area contributed by atoms with Gasteiger partial charge in [0.15, 0.2) is 0 Å². The smallest absolute Gasteiger partial charge is 0.270 e. The van der Waals surface area contributed by atoms with E-state index in [0.717, 1.165) is 12.5 Å². The SMILES string of the molecule is CC(F)(F)c1ccccc1CC1(C#N)CCN(C(=O)c2cccnc2-c2ccncc2)CC1. The number of carbonyl (C=O) groups is 1. The molecule has 7 heteroatoms. The molecule has 1 fully saturated rings. The Morgan fingerprint density at radius 3 is 2.45 bits per heavy atom. The molecule has 0 N–H and O–H groups in total. The van der Waals surface area contributed by atoms with Crippen molar-refractivity contribution in [3.8, 4) is 17.3 Å². The number of rotatable bonds is 5. The lowest BCUT2D eigenvalue weighted by atomic mass is 9.74. The van der Waals surface area contributed by atoms with Crippen LogP contribution in [0.1, 0.15) is 41.3 Å². The first-order valence-electron chi connectivity index (χ1n) is 10.9. The molecular formula is C26H24F2N4O. The fourth-order valence-corrected chi connectivity index (χ4v) is 4.42. The van der Waals surface area contributed by atoms with Crippen molar-refractivity contribution in [3.63, 3.8) is 0 Å². The Kier molecular flexibility index (Phi) is 6.19. The van der Waals surface area contributed by atoms with Crippen molar-refractivity contribution in [1.82, 2.24) is 14.9 Å². The molecule has 0 atom stereocenters. The van der Waals surface area contributed by atoms with Gasteiger partial charge in [-0.3, -0.25) is 14.8 Å². The normalized spacial score (nSPS) is 15.6. The molecule has 33 heavy (non-hydrogen) atoms. The van der Waals surface area contributed by atoms with Crippen molar-refractivity contribution in [2.45, 2.75) is 32.1 Å². The van der Waals surface area contributed by atoms with Crippen molar-refractivity contribution >= 4 is 5.91 Å². The van der Waals surface area contributed by atoms with Crippen LogP contribution in [0.25, 0.3) is 11.3 Å². The van der Waals surface area contributed by atoms with Crippen molar-refractivity contribution < 1.29 is 13.6 Å². The van der Waals surface area contributed by atoms with Crippen LogP contribution < -0.4 is 0 Å². The molecule has 0 unspecified atom stereocenters. The number of hydrogen-bond acceptors (Lipinski definition) is 4. The predicted molar refractivity (Wildman–Crippen MR) is 120 cm³/mol. The highest BCUT2D eigenvalue weighted by Crippen LogP contribution is 2.39. The summed E-state index contributed by atoms with van der Waals surface area (Å²) < 4.78 is 28.2. The van der Waals surface area contributed by atoms with Gasteiger partial charge in [-0.1, -0.05) is 24.3 Å². The topological polar surface area (TPSA) is 69.9 Å². The van der Waals surface area contributed by atoms with Gasteiger partial charge in [-0.05, 0) is 49.1 Å². The Bertz CT molecular complexity index is 1180. The largest absolute Gasteiger partial charge is 0.338 e. The molecule has 168 valence electrons. The van der Waals surface area contributed by atoms with E-state index in [-0.39, 0.29) is 17.9 Å². The van der Waals surface area contributed by atoms with Gasteiger partial charge in [-0.15, -0.1) is 0 Å². The number of nitriles is 1. The Labute approximate surface area is 191 Å². The van der Waals surface area contributed by atoms with E-state index in [1.54, 1.807) is 66.0 Å². The molecule has 0 spiro atoms. The number of aromatic nitrogens is 2. The van der Waals surface area contributed by atoms with Crippen molar-refractivity contribution in [2.75, 3.05) is 13.1 Å². The summed E-state index contributed by atoms with van der Waals surface area (Å²) >= 11 is 0. The Morgan fingerprint density at radius 1 is 1.09 bits per heavy atom. The lowest BCUT2D eigenvalue weighted by molar-refractivity contribution is 0.0160. The fraction of sp³-hybridized carbons (Fsp3) is 0.308. The van der Waals surface area contributed by atoms with Gasteiger partial charge in [0, 0.05) is 49.7 Å². The van der Waals surface area contributed by atoms with Crippen LogP contribution in [0.4, 0.5) is 8.78 Å². The number of carbonyl (C=O) groups excluding carboxylic acids is 1. The van der Waals surface area contributed by atoms with Crippen LogP contribution in [0.2, 0.25) is 0 Å². The fourth-order valence-electron chi connectivity index (χ4n) is 4.42. The second kappa shape index (κ2) is 9.07. The minimum Gasteiger partial charge on any atom is -0.338 e. The Morgan fingerprint density at radius 2 is 1.79 bits per heavy atom. The second-order valence-corrected chi connectivity index (χ2v) is 8.54. The molecule has 1 amide bonds. The molecular weight excluding hydrogens is 422 g/mol. The molecule has 2 aromatic heterocycles. The summed E-state index contributed by atoms with van der Waals surface area (Å²) in [7, 11) is 0. The third-order valence-corrected chi connectivity index (χ3v) is 6.26. The molecule has 3 aromatic rings. The standard InChI is InChI=1S/C26H24F2N4O/c1-25(27,28)22-7-3-2-5-20(22)17-26(18-29)10-15-32(16-11-26)24(33)21-6-4-12-31-23(21)19-8-13-30-14-9-19/h2-9,12-14H,10-11,15-17H2,1H3. The van der Waals surface area contributed by atoms with Crippen LogP contribution in [0.3, 0.4) is 0 Å². The van der Waals surface area contributed by atoms with Gasteiger partial charge in [0.2, 0.25) is 0 Å². The van der Waals surface area contributed by atoms with E-state index in [4.69, 9.17) is 0 Å². The zero-order valence-corrected chi connectivity index (χ0v) is 18.3. The predicted octanol–water partition coefficient (Wildman–Crippen LogP) is 5.24. The molecule has 1 aliphatic heterocycles. The van der Waals surface area contributed by atoms with Gasteiger partial charge in [-0.2, -0.15) is 5.26 Å². The number of halogens is 2. The summed E-state index contributed by atoms with van der Waals surface area (Å²) in [5.41, 5.74) is 1.52. The van der Waals surface area contributed by atoms with Crippen molar-refractivity contribution in [2.24, 2.45) is 5.41 Å². The molecule has 4 rings (SSSR count). The molecule has 0 saturated carbocycles. The van der Waals surface area contributed by atoms with Gasteiger partial charge in [0.25, 0.3) is 11.8 Å². The van der Waals surface area contributed by atoms with Gasteiger partial charge in [-0.25, -0.2) is 8.78 Å². The number of amides is 1. The van der Waals surface area contributed by atoms with Crippen LogP contribution in [-0.4, -0.2) is 33.9 Å². The van der Waals surface area contributed by atoms with E-state index >= 15 is 0 Å². The number of likely N-dealkylation sites (tertiary alicyclic amines) is 1. The van der Waals surface area contributed by atoms with E-state index in [2.05, 4.69) is 16.0 Å². The van der Waals surface area contributed by atoms with Gasteiger partial charge in [0.1, 0.15) is 0 Å². The van der Waals surface area contributed by atoms with Crippen LogP contribution >= 0.6 is 0 Å². The third kappa shape index (κ3) is 4.75.